The summed E-state index contributed by atoms with van der Waals surface area (Å²) >= 11 is 0. The normalized spacial score (nSPS) is 21.9. The summed E-state index contributed by atoms with van der Waals surface area (Å²) in [4.78, 5) is 0. The zero-order valence-electron chi connectivity index (χ0n) is 9.22. The molecule has 0 radical (unpaired) electrons. The molecule has 5 nitrogen and oxygen atoms in total. The molecule has 1 saturated heterocycles. The van der Waals surface area contributed by atoms with E-state index >= 15 is 0 Å². The zero-order valence-corrected chi connectivity index (χ0v) is 9.22. The van der Waals surface area contributed by atoms with Gasteiger partial charge >= 0.3 is 0 Å². The number of hydrazone groups is 1. The summed E-state index contributed by atoms with van der Waals surface area (Å²) in [5, 5.41) is 15.2. The molecule has 2 aliphatic rings. The van der Waals surface area contributed by atoms with Gasteiger partial charge in [0.25, 0.3) is 6.71 Å². The van der Waals surface area contributed by atoms with Gasteiger partial charge in [0.2, 0.25) is 0 Å². The molecule has 0 atom stereocenters. The molecule has 0 aliphatic carbocycles. The number of nitrogens with two attached hydrogens (primary N) is 1. The summed E-state index contributed by atoms with van der Waals surface area (Å²) in [6.07, 6.45) is 3.22. The lowest BCUT2D eigenvalue weighted by molar-refractivity contribution is 0.0396. The van der Waals surface area contributed by atoms with Gasteiger partial charge in [-0.05, 0) is 18.2 Å². The van der Waals surface area contributed by atoms with E-state index in [1.165, 1.54) is 0 Å². The van der Waals surface area contributed by atoms with Crippen LogP contribution in [0.4, 0.5) is 0 Å². The molecule has 16 heavy (non-hydrogen) atoms. The van der Waals surface area contributed by atoms with E-state index in [1.54, 1.807) is 6.21 Å². The Morgan fingerprint density at radius 2 is 2.19 bits per heavy atom. The minimum atomic E-state index is 0.0335. The maximum atomic E-state index is 8.81. The Morgan fingerprint density at radius 1 is 1.44 bits per heavy atom. The molecule has 2 heterocycles. The fourth-order valence-corrected chi connectivity index (χ4v) is 1.91. The number of allylic oxidation sites excluding steroid dienone is 2. The van der Waals surface area contributed by atoms with Gasteiger partial charge in [-0.3, -0.25) is 5.01 Å². The standard InChI is InChI=1S/C10H15BN4O/c12-8-11-5-9(10(13)6-11)7-14-15-1-3-16-4-2-15/h7H,1-6,13H2. The Morgan fingerprint density at radius 3 is 2.81 bits per heavy atom. The van der Waals surface area contributed by atoms with Gasteiger partial charge in [0.05, 0.1) is 32.5 Å². The van der Waals surface area contributed by atoms with Crippen LogP contribution in [0.2, 0.25) is 12.6 Å². The first-order valence-corrected chi connectivity index (χ1v) is 5.53. The second kappa shape index (κ2) is 5.04. The van der Waals surface area contributed by atoms with Crippen molar-refractivity contribution in [2.45, 2.75) is 12.6 Å². The third kappa shape index (κ3) is 2.55. The molecule has 0 aromatic rings. The average molecular weight is 218 g/mol. The van der Waals surface area contributed by atoms with Gasteiger partial charge in [-0.1, -0.05) is 0 Å². The van der Waals surface area contributed by atoms with Crippen molar-refractivity contribution in [3.8, 4) is 5.97 Å². The van der Waals surface area contributed by atoms with Gasteiger partial charge in [-0.25, -0.2) is 5.26 Å². The number of nitrogens with zero attached hydrogens (tertiary/aromatic N) is 3. The molecule has 0 aromatic heterocycles. The highest BCUT2D eigenvalue weighted by Crippen LogP contribution is 2.22. The number of hydrogen-bond acceptors (Lipinski definition) is 5. The quantitative estimate of drug-likeness (QED) is 0.526. The molecule has 2 N–H and O–H groups in total. The van der Waals surface area contributed by atoms with Gasteiger partial charge in [-0.2, -0.15) is 5.10 Å². The summed E-state index contributed by atoms with van der Waals surface area (Å²) < 4.78 is 5.23. The molecule has 0 aromatic carbocycles. The second-order valence-corrected chi connectivity index (χ2v) is 4.10. The minimum Gasteiger partial charge on any atom is -0.402 e. The van der Waals surface area contributed by atoms with Crippen molar-refractivity contribution < 1.29 is 4.74 Å². The lowest BCUT2D eigenvalue weighted by Gasteiger charge is -2.23. The number of hydrogen-bond donors (Lipinski definition) is 1. The van der Waals surface area contributed by atoms with Crippen molar-refractivity contribution in [3.05, 3.63) is 11.3 Å². The molecule has 6 heteroatoms. The van der Waals surface area contributed by atoms with Crippen LogP contribution in [-0.4, -0.2) is 44.2 Å². The maximum Gasteiger partial charge on any atom is 0.278 e. The van der Waals surface area contributed by atoms with Crippen molar-refractivity contribution in [2.24, 2.45) is 10.8 Å². The number of morpholine rings is 1. The van der Waals surface area contributed by atoms with E-state index in [-0.39, 0.29) is 6.71 Å². The van der Waals surface area contributed by atoms with E-state index in [0.717, 1.165) is 43.9 Å². The first-order valence-electron chi connectivity index (χ1n) is 5.53. The van der Waals surface area contributed by atoms with E-state index in [4.69, 9.17) is 15.7 Å². The Balaban J connectivity index is 1.91. The molecule has 0 spiro atoms. The van der Waals surface area contributed by atoms with Gasteiger partial charge < -0.3 is 10.5 Å². The minimum absolute atomic E-state index is 0.0335. The third-order valence-electron chi connectivity index (χ3n) is 2.89. The number of nitriles is 1. The van der Waals surface area contributed by atoms with Crippen molar-refractivity contribution in [1.82, 2.24) is 5.01 Å². The summed E-state index contributed by atoms with van der Waals surface area (Å²) in [6, 6.07) is 0. The average Bonchev–Trinajstić information content (AvgIpc) is 2.69. The smallest absolute Gasteiger partial charge is 0.278 e. The van der Waals surface area contributed by atoms with Crippen LogP contribution < -0.4 is 5.73 Å². The summed E-state index contributed by atoms with van der Waals surface area (Å²) in [6.45, 7) is 3.14. The number of rotatable bonds is 2. The van der Waals surface area contributed by atoms with E-state index in [0.29, 0.717) is 6.32 Å². The van der Waals surface area contributed by atoms with Crippen LogP contribution in [0.25, 0.3) is 0 Å². The molecule has 0 bridgehead atoms. The van der Waals surface area contributed by atoms with Crippen LogP contribution in [-0.2, 0) is 4.74 Å². The largest absolute Gasteiger partial charge is 0.402 e. The predicted octanol–water partition coefficient (Wildman–Crippen LogP) is 0.0884. The maximum absolute atomic E-state index is 8.81. The Hall–Kier alpha value is -1.48. The highest BCUT2D eigenvalue weighted by Gasteiger charge is 2.25. The molecular formula is C10H15BN4O. The monoisotopic (exact) mass is 218 g/mol. The molecule has 1 fully saturated rings. The first kappa shape index (κ1) is 11.0. The Labute approximate surface area is 95.6 Å². The van der Waals surface area contributed by atoms with Crippen LogP contribution >= 0.6 is 0 Å². The Bertz CT molecular complexity index is 354. The first-order chi connectivity index (χ1) is 7.79. The summed E-state index contributed by atoms with van der Waals surface area (Å²) in [5.41, 5.74) is 7.68. The van der Waals surface area contributed by atoms with Gasteiger partial charge in [-0.15, -0.1) is 0 Å². The van der Waals surface area contributed by atoms with Crippen LogP contribution in [0.3, 0.4) is 0 Å². The highest BCUT2D eigenvalue weighted by atomic mass is 16.5. The lowest BCUT2D eigenvalue weighted by Crippen LogP contribution is -2.32. The van der Waals surface area contributed by atoms with Crippen LogP contribution in [0.5, 0.6) is 0 Å². The molecule has 0 unspecified atom stereocenters. The van der Waals surface area contributed by atoms with Crippen molar-refractivity contribution in [3.63, 3.8) is 0 Å². The van der Waals surface area contributed by atoms with Crippen LogP contribution in [0.15, 0.2) is 16.4 Å². The molecular weight excluding hydrogens is 203 g/mol. The van der Waals surface area contributed by atoms with Crippen LogP contribution in [0.1, 0.15) is 0 Å². The van der Waals surface area contributed by atoms with Crippen molar-refractivity contribution in [2.75, 3.05) is 26.3 Å². The zero-order chi connectivity index (χ0) is 11.4. The van der Waals surface area contributed by atoms with Gasteiger partial charge in [0.15, 0.2) is 0 Å². The van der Waals surface area contributed by atoms with E-state index in [1.807, 2.05) is 5.01 Å². The Kier molecular flexibility index (Phi) is 3.47. The predicted molar refractivity (Wildman–Crippen MR) is 63.1 cm³/mol. The van der Waals surface area contributed by atoms with Gasteiger partial charge in [0.1, 0.15) is 0 Å². The van der Waals surface area contributed by atoms with E-state index in [2.05, 4.69) is 11.1 Å². The fourth-order valence-electron chi connectivity index (χ4n) is 1.91. The summed E-state index contributed by atoms with van der Waals surface area (Å²) in [5.74, 6) is 2.25. The van der Waals surface area contributed by atoms with Crippen molar-refractivity contribution in [1.29, 1.82) is 5.26 Å². The van der Waals surface area contributed by atoms with Crippen LogP contribution in [0, 0.1) is 11.2 Å². The SMILES string of the molecule is N#CB1CC(N)=C(C=NN2CCOCC2)C1. The van der Waals surface area contributed by atoms with Crippen molar-refractivity contribution >= 4 is 12.9 Å². The summed E-state index contributed by atoms with van der Waals surface area (Å²) in [7, 11) is 0. The third-order valence-corrected chi connectivity index (χ3v) is 2.89. The molecule has 84 valence electrons. The lowest BCUT2D eigenvalue weighted by atomic mass is 9.49. The molecule has 0 amide bonds. The van der Waals surface area contributed by atoms with Gasteiger partial charge in [0, 0.05) is 11.7 Å². The fraction of sp³-hybridized carbons (Fsp3) is 0.600. The van der Waals surface area contributed by atoms with E-state index < -0.39 is 0 Å². The topological polar surface area (TPSA) is 74.6 Å². The number of ether oxygens (including phenoxy) is 1. The molecule has 0 saturated carbocycles. The van der Waals surface area contributed by atoms with E-state index in [9.17, 15) is 0 Å². The highest BCUT2D eigenvalue weighted by molar-refractivity contribution is 6.69. The molecule has 2 rings (SSSR count). The second-order valence-electron chi connectivity index (χ2n) is 4.10. The molecule has 2 aliphatic heterocycles.